The van der Waals surface area contributed by atoms with Crippen molar-refractivity contribution in [3.63, 3.8) is 0 Å². The summed E-state index contributed by atoms with van der Waals surface area (Å²) < 4.78 is 6.69. The predicted octanol–water partition coefficient (Wildman–Crippen LogP) is 4.09. The van der Waals surface area contributed by atoms with Gasteiger partial charge in [0.15, 0.2) is 0 Å². The predicted molar refractivity (Wildman–Crippen MR) is 84.5 cm³/mol. The number of likely N-dealkylation sites (tertiary alicyclic amines) is 1. The molecule has 0 bridgehead atoms. The molecule has 0 amide bonds. The Labute approximate surface area is 130 Å². The molecule has 2 fully saturated rings. The smallest absolute Gasteiger partial charge is 0.136 e. The van der Waals surface area contributed by atoms with E-state index in [1.165, 1.54) is 44.9 Å². The van der Waals surface area contributed by atoms with Gasteiger partial charge in [-0.25, -0.2) is 0 Å². The van der Waals surface area contributed by atoms with E-state index in [1.807, 2.05) is 6.07 Å². The Balaban J connectivity index is 1.66. The third-order valence-corrected chi connectivity index (χ3v) is 6.04. The lowest BCUT2D eigenvalue weighted by Crippen LogP contribution is -2.44. The zero-order chi connectivity index (χ0) is 14.0. The normalized spacial score (nSPS) is 24.9. The van der Waals surface area contributed by atoms with Gasteiger partial charge >= 0.3 is 0 Å². The zero-order valence-corrected chi connectivity index (χ0v) is 13.7. The number of piperidine rings is 1. The summed E-state index contributed by atoms with van der Waals surface area (Å²) in [5.41, 5.74) is 6.66. The summed E-state index contributed by atoms with van der Waals surface area (Å²) in [6.07, 6.45) is 11.6. The summed E-state index contributed by atoms with van der Waals surface area (Å²) in [6, 6.07) is 2.19. The van der Waals surface area contributed by atoms with Crippen molar-refractivity contribution >= 4 is 15.9 Å². The van der Waals surface area contributed by atoms with Gasteiger partial charge in [0.05, 0.1) is 16.8 Å². The van der Waals surface area contributed by atoms with Gasteiger partial charge in [-0.2, -0.15) is 0 Å². The summed E-state index contributed by atoms with van der Waals surface area (Å²) in [6.45, 7) is 2.95. The Morgan fingerprint density at radius 3 is 2.45 bits per heavy atom. The lowest BCUT2D eigenvalue weighted by molar-refractivity contribution is 0.0410. The van der Waals surface area contributed by atoms with E-state index in [4.69, 9.17) is 10.2 Å². The van der Waals surface area contributed by atoms with E-state index in [1.54, 1.807) is 6.26 Å². The third kappa shape index (κ3) is 2.83. The molecule has 4 heteroatoms. The molecule has 20 heavy (non-hydrogen) atoms. The molecular formula is C16H25BrN2O. The highest BCUT2D eigenvalue weighted by Crippen LogP contribution is 2.45. The Morgan fingerprint density at radius 2 is 1.90 bits per heavy atom. The number of hydrogen-bond acceptors (Lipinski definition) is 3. The molecular weight excluding hydrogens is 316 g/mol. The zero-order valence-electron chi connectivity index (χ0n) is 12.1. The Hall–Kier alpha value is -0.320. The van der Waals surface area contributed by atoms with Crippen molar-refractivity contribution in [1.82, 2.24) is 4.90 Å². The van der Waals surface area contributed by atoms with Gasteiger partial charge in [-0.15, -0.1) is 0 Å². The lowest BCUT2D eigenvalue weighted by atomic mass is 9.68. The lowest BCUT2D eigenvalue weighted by Gasteiger charge is -2.46. The highest BCUT2D eigenvalue weighted by atomic mass is 79.9. The van der Waals surface area contributed by atoms with Crippen LogP contribution in [-0.4, -0.2) is 24.5 Å². The third-order valence-electron chi connectivity index (χ3n) is 5.38. The van der Waals surface area contributed by atoms with Crippen molar-refractivity contribution in [2.75, 3.05) is 19.6 Å². The van der Waals surface area contributed by atoms with E-state index >= 15 is 0 Å². The molecule has 1 aromatic heterocycles. The molecule has 2 aliphatic rings. The van der Waals surface area contributed by atoms with Gasteiger partial charge in [0.2, 0.25) is 0 Å². The monoisotopic (exact) mass is 340 g/mol. The van der Waals surface area contributed by atoms with Crippen LogP contribution < -0.4 is 5.73 Å². The van der Waals surface area contributed by atoms with Crippen LogP contribution in [0.25, 0.3) is 0 Å². The second-order valence-electron chi connectivity index (χ2n) is 6.48. The van der Waals surface area contributed by atoms with Crippen molar-refractivity contribution < 1.29 is 4.42 Å². The van der Waals surface area contributed by atoms with Gasteiger partial charge in [-0.1, -0.05) is 19.3 Å². The van der Waals surface area contributed by atoms with Crippen LogP contribution in [-0.2, 0) is 0 Å². The molecule has 1 atom stereocenters. The van der Waals surface area contributed by atoms with E-state index in [0.717, 1.165) is 23.3 Å². The summed E-state index contributed by atoms with van der Waals surface area (Å²) in [5.74, 6) is 0.993. The second kappa shape index (κ2) is 6.20. The first-order chi connectivity index (χ1) is 9.74. The Bertz CT molecular complexity index is 429. The van der Waals surface area contributed by atoms with Crippen LogP contribution in [0.2, 0.25) is 0 Å². The fraction of sp³-hybridized carbons (Fsp3) is 0.750. The number of rotatable bonds is 3. The number of nitrogens with two attached hydrogens (primary N) is 1. The molecule has 1 spiro atoms. The summed E-state index contributed by atoms with van der Waals surface area (Å²) >= 11 is 3.57. The summed E-state index contributed by atoms with van der Waals surface area (Å²) in [7, 11) is 0. The molecule has 3 rings (SSSR count). The summed E-state index contributed by atoms with van der Waals surface area (Å²) in [5, 5.41) is 0. The maximum atomic E-state index is 6.01. The van der Waals surface area contributed by atoms with Crippen molar-refractivity contribution in [2.24, 2.45) is 11.1 Å². The van der Waals surface area contributed by atoms with Crippen molar-refractivity contribution in [2.45, 2.75) is 51.0 Å². The van der Waals surface area contributed by atoms with Crippen LogP contribution in [0.15, 0.2) is 21.2 Å². The Morgan fingerprint density at radius 1 is 1.20 bits per heavy atom. The number of hydrogen-bond donors (Lipinski definition) is 1. The van der Waals surface area contributed by atoms with E-state index in [9.17, 15) is 0 Å². The van der Waals surface area contributed by atoms with Crippen molar-refractivity contribution in [3.8, 4) is 0 Å². The van der Waals surface area contributed by atoms with Crippen LogP contribution in [0.1, 0.15) is 56.7 Å². The standard InChI is InChI=1S/C16H25BrN2O/c17-13-4-11-20-15(13)14(12-18)19-9-7-16(8-10-19)5-2-1-3-6-16/h4,11,14H,1-3,5-10,12,18H2. The van der Waals surface area contributed by atoms with Crippen LogP contribution in [0.4, 0.5) is 0 Å². The average molecular weight is 341 g/mol. The first kappa shape index (κ1) is 14.6. The fourth-order valence-electron chi connectivity index (χ4n) is 4.08. The largest absolute Gasteiger partial charge is 0.466 e. The molecule has 0 radical (unpaired) electrons. The van der Waals surface area contributed by atoms with Crippen LogP contribution >= 0.6 is 15.9 Å². The van der Waals surface area contributed by atoms with Gasteiger partial charge < -0.3 is 10.2 Å². The highest BCUT2D eigenvalue weighted by Gasteiger charge is 2.37. The van der Waals surface area contributed by atoms with Gasteiger partial charge in [-0.05, 0) is 66.2 Å². The van der Waals surface area contributed by atoms with E-state index in [2.05, 4.69) is 20.8 Å². The van der Waals surface area contributed by atoms with Crippen LogP contribution in [0.5, 0.6) is 0 Å². The molecule has 1 aliphatic heterocycles. The van der Waals surface area contributed by atoms with Crippen LogP contribution in [0.3, 0.4) is 0 Å². The molecule has 2 heterocycles. The average Bonchev–Trinajstić information content (AvgIpc) is 2.89. The molecule has 3 nitrogen and oxygen atoms in total. The van der Waals surface area contributed by atoms with E-state index in [0.29, 0.717) is 12.0 Å². The molecule has 1 saturated heterocycles. The number of halogens is 1. The molecule has 0 aromatic carbocycles. The first-order valence-electron chi connectivity index (χ1n) is 7.91. The molecule has 112 valence electrons. The minimum atomic E-state index is 0.223. The van der Waals surface area contributed by atoms with E-state index in [-0.39, 0.29) is 6.04 Å². The van der Waals surface area contributed by atoms with Gasteiger partial charge in [0, 0.05) is 6.54 Å². The topological polar surface area (TPSA) is 42.4 Å². The minimum absolute atomic E-state index is 0.223. The van der Waals surface area contributed by atoms with Crippen LogP contribution in [0, 0.1) is 5.41 Å². The van der Waals surface area contributed by atoms with E-state index < -0.39 is 0 Å². The molecule has 1 aromatic rings. The van der Waals surface area contributed by atoms with Gasteiger partial charge in [-0.3, -0.25) is 4.90 Å². The molecule has 1 unspecified atom stereocenters. The highest BCUT2D eigenvalue weighted by molar-refractivity contribution is 9.10. The minimum Gasteiger partial charge on any atom is -0.466 e. The quantitative estimate of drug-likeness (QED) is 0.900. The molecule has 1 aliphatic carbocycles. The SMILES string of the molecule is NCC(c1occc1Br)N1CCC2(CCCCC2)CC1. The maximum Gasteiger partial charge on any atom is 0.136 e. The summed E-state index contributed by atoms with van der Waals surface area (Å²) in [4.78, 5) is 2.52. The first-order valence-corrected chi connectivity index (χ1v) is 8.70. The maximum absolute atomic E-state index is 6.01. The van der Waals surface area contributed by atoms with Gasteiger partial charge in [0.1, 0.15) is 5.76 Å². The number of nitrogens with zero attached hydrogens (tertiary/aromatic N) is 1. The molecule has 2 N–H and O–H groups in total. The van der Waals surface area contributed by atoms with Gasteiger partial charge in [0.25, 0.3) is 0 Å². The fourth-order valence-corrected chi connectivity index (χ4v) is 4.54. The van der Waals surface area contributed by atoms with Crippen molar-refractivity contribution in [3.05, 3.63) is 22.6 Å². The number of furan rings is 1. The Kier molecular flexibility index (Phi) is 4.53. The van der Waals surface area contributed by atoms with Crippen molar-refractivity contribution in [1.29, 1.82) is 0 Å². The second-order valence-corrected chi connectivity index (χ2v) is 7.34. The molecule has 1 saturated carbocycles.